The van der Waals surface area contributed by atoms with Crippen LogP contribution in [0.15, 0.2) is 12.1 Å². The van der Waals surface area contributed by atoms with Gasteiger partial charge in [-0.15, -0.1) is 0 Å². The highest BCUT2D eigenvalue weighted by Gasteiger charge is 2.07. The maximum absolute atomic E-state index is 10.9. The predicted octanol–water partition coefficient (Wildman–Crippen LogP) is 1.78. The van der Waals surface area contributed by atoms with Crippen molar-refractivity contribution in [3.05, 3.63) is 21.3 Å². The standard InChI is InChI=1S/C8H8INO2/c1-4(11)5-2-6(9)8(10)7(12)3-5/h2-3,12H,10H2,1H3. The lowest BCUT2D eigenvalue weighted by Gasteiger charge is -2.03. The predicted molar refractivity (Wildman–Crippen MR) is 55.2 cm³/mol. The van der Waals surface area contributed by atoms with Crippen LogP contribution in [0.5, 0.6) is 5.75 Å². The average Bonchev–Trinajstić information content (AvgIpc) is 1.99. The topological polar surface area (TPSA) is 63.3 Å². The number of anilines is 1. The molecule has 1 aromatic carbocycles. The molecule has 0 bridgehead atoms. The number of carbonyl (C=O) groups excluding carboxylic acids is 1. The van der Waals surface area contributed by atoms with Crippen LogP contribution >= 0.6 is 22.6 Å². The molecule has 0 aliphatic carbocycles. The Labute approximate surface area is 83.7 Å². The summed E-state index contributed by atoms with van der Waals surface area (Å²) in [5.41, 5.74) is 6.28. The van der Waals surface area contributed by atoms with Crippen molar-refractivity contribution in [3.8, 4) is 5.75 Å². The molecule has 1 aromatic rings. The van der Waals surface area contributed by atoms with Gasteiger partial charge in [-0.2, -0.15) is 0 Å². The van der Waals surface area contributed by atoms with Crippen LogP contribution in [-0.2, 0) is 0 Å². The molecule has 0 fully saturated rings. The smallest absolute Gasteiger partial charge is 0.159 e. The van der Waals surface area contributed by atoms with Crippen LogP contribution < -0.4 is 5.73 Å². The molecule has 0 saturated heterocycles. The third-order valence-electron chi connectivity index (χ3n) is 1.51. The average molecular weight is 277 g/mol. The molecule has 0 atom stereocenters. The van der Waals surface area contributed by atoms with Crippen molar-refractivity contribution in [2.24, 2.45) is 0 Å². The summed E-state index contributed by atoms with van der Waals surface area (Å²) in [6.45, 7) is 1.45. The molecule has 3 N–H and O–H groups in total. The third kappa shape index (κ3) is 1.69. The number of benzene rings is 1. The van der Waals surface area contributed by atoms with Gasteiger partial charge in [0.25, 0.3) is 0 Å². The van der Waals surface area contributed by atoms with E-state index in [0.29, 0.717) is 14.8 Å². The van der Waals surface area contributed by atoms with Crippen LogP contribution in [0, 0.1) is 3.57 Å². The lowest BCUT2D eigenvalue weighted by molar-refractivity contribution is 0.101. The van der Waals surface area contributed by atoms with Crippen LogP contribution in [-0.4, -0.2) is 10.9 Å². The second kappa shape index (κ2) is 3.30. The number of hydrogen-bond acceptors (Lipinski definition) is 3. The number of nitrogen functional groups attached to an aromatic ring is 1. The van der Waals surface area contributed by atoms with Crippen LogP contribution in [0.25, 0.3) is 0 Å². The summed E-state index contributed by atoms with van der Waals surface area (Å²) in [5.74, 6) is -0.115. The summed E-state index contributed by atoms with van der Waals surface area (Å²) in [4.78, 5) is 10.9. The maximum atomic E-state index is 10.9. The van der Waals surface area contributed by atoms with Crippen molar-refractivity contribution in [2.75, 3.05) is 5.73 Å². The Balaban J connectivity index is 3.31. The third-order valence-corrected chi connectivity index (χ3v) is 2.41. The Bertz CT molecular complexity index is 313. The Morgan fingerprint density at radius 3 is 2.58 bits per heavy atom. The highest BCUT2D eigenvalue weighted by Crippen LogP contribution is 2.27. The zero-order valence-electron chi connectivity index (χ0n) is 6.47. The van der Waals surface area contributed by atoms with E-state index in [1.54, 1.807) is 6.07 Å². The van der Waals surface area contributed by atoms with Crippen molar-refractivity contribution >= 4 is 34.1 Å². The second-order valence-electron chi connectivity index (χ2n) is 2.45. The van der Waals surface area contributed by atoms with E-state index in [0.717, 1.165) is 0 Å². The molecule has 0 spiro atoms. The first-order valence-corrected chi connectivity index (χ1v) is 4.39. The molecule has 0 heterocycles. The Morgan fingerprint density at radius 1 is 1.58 bits per heavy atom. The highest BCUT2D eigenvalue weighted by molar-refractivity contribution is 14.1. The second-order valence-corrected chi connectivity index (χ2v) is 3.61. The molecule has 0 aliphatic heterocycles. The monoisotopic (exact) mass is 277 g/mol. The largest absolute Gasteiger partial charge is 0.506 e. The van der Waals surface area contributed by atoms with Gasteiger partial charge in [0.15, 0.2) is 5.78 Å². The molecule has 4 heteroatoms. The molecule has 0 amide bonds. The van der Waals surface area contributed by atoms with Crippen LogP contribution in [0.2, 0.25) is 0 Å². The summed E-state index contributed by atoms with van der Waals surface area (Å²) in [6, 6.07) is 3.03. The van der Waals surface area contributed by atoms with E-state index < -0.39 is 0 Å². The fraction of sp³-hybridized carbons (Fsp3) is 0.125. The van der Waals surface area contributed by atoms with Crippen LogP contribution in [0.1, 0.15) is 17.3 Å². The van der Waals surface area contributed by atoms with Crippen molar-refractivity contribution in [2.45, 2.75) is 6.92 Å². The molecule has 0 saturated carbocycles. The SMILES string of the molecule is CC(=O)c1cc(O)c(N)c(I)c1. The lowest BCUT2D eigenvalue weighted by atomic mass is 10.1. The zero-order valence-corrected chi connectivity index (χ0v) is 8.62. The van der Waals surface area contributed by atoms with E-state index in [-0.39, 0.29) is 11.5 Å². The van der Waals surface area contributed by atoms with E-state index in [4.69, 9.17) is 5.73 Å². The normalized spacial score (nSPS) is 9.83. The minimum Gasteiger partial charge on any atom is -0.506 e. The van der Waals surface area contributed by atoms with Crippen molar-refractivity contribution < 1.29 is 9.90 Å². The summed E-state index contributed by atoms with van der Waals surface area (Å²) < 4.78 is 0.692. The lowest BCUT2D eigenvalue weighted by Crippen LogP contribution is -1.96. The number of phenols is 1. The van der Waals surface area contributed by atoms with E-state index in [1.165, 1.54) is 13.0 Å². The number of hydrogen-bond donors (Lipinski definition) is 2. The molecular weight excluding hydrogens is 269 g/mol. The van der Waals surface area contributed by atoms with E-state index in [1.807, 2.05) is 22.6 Å². The van der Waals surface area contributed by atoms with Crippen molar-refractivity contribution in [1.29, 1.82) is 0 Å². The molecule has 0 aliphatic rings. The molecule has 0 aromatic heterocycles. The van der Waals surface area contributed by atoms with E-state index >= 15 is 0 Å². The number of ketones is 1. The Hall–Kier alpha value is -0.780. The summed E-state index contributed by atoms with van der Waals surface area (Å²) in [5, 5.41) is 9.25. The summed E-state index contributed by atoms with van der Waals surface area (Å²) in [6.07, 6.45) is 0. The van der Waals surface area contributed by atoms with Crippen LogP contribution in [0.4, 0.5) is 5.69 Å². The van der Waals surface area contributed by atoms with Gasteiger partial charge < -0.3 is 10.8 Å². The molecule has 0 unspecified atom stereocenters. The number of carbonyl (C=O) groups is 1. The molecule has 12 heavy (non-hydrogen) atoms. The van der Waals surface area contributed by atoms with Gasteiger partial charge in [0.2, 0.25) is 0 Å². The summed E-state index contributed by atoms with van der Waals surface area (Å²) in [7, 11) is 0. The number of phenolic OH excluding ortho intramolecular Hbond substituents is 1. The van der Waals surface area contributed by atoms with Crippen molar-refractivity contribution in [3.63, 3.8) is 0 Å². The molecule has 0 radical (unpaired) electrons. The van der Waals surface area contributed by atoms with Gasteiger partial charge in [0, 0.05) is 9.13 Å². The minimum absolute atomic E-state index is 0.0351. The first-order valence-electron chi connectivity index (χ1n) is 3.31. The number of rotatable bonds is 1. The number of aromatic hydroxyl groups is 1. The zero-order chi connectivity index (χ0) is 9.30. The van der Waals surface area contributed by atoms with Crippen LogP contribution in [0.3, 0.4) is 0 Å². The minimum atomic E-state index is -0.0804. The molecule has 3 nitrogen and oxygen atoms in total. The Morgan fingerprint density at radius 2 is 2.17 bits per heavy atom. The van der Waals surface area contributed by atoms with Gasteiger partial charge in [-0.3, -0.25) is 4.79 Å². The first-order chi connectivity index (χ1) is 5.52. The van der Waals surface area contributed by atoms with Gasteiger partial charge in [0.05, 0.1) is 5.69 Å². The number of halogens is 1. The fourth-order valence-electron chi connectivity index (χ4n) is 0.807. The van der Waals surface area contributed by atoms with E-state index in [9.17, 15) is 9.90 Å². The van der Waals surface area contributed by atoms with Gasteiger partial charge in [0.1, 0.15) is 5.75 Å². The quantitative estimate of drug-likeness (QED) is 0.356. The van der Waals surface area contributed by atoms with Gasteiger partial charge in [-0.1, -0.05) is 0 Å². The summed E-state index contributed by atoms with van der Waals surface area (Å²) >= 11 is 1.97. The van der Waals surface area contributed by atoms with Gasteiger partial charge in [-0.05, 0) is 41.6 Å². The fourth-order valence-corrected chi connectivity index (χ4v) is 1.42. The Kier molecular flexibility index (Phi) is 2.56. The molecular formula is C8H8INO2. The van der Waals surface area contributed by atoms with Gasteiger partial charge in [-0.25, -0.2) is 0 Å². The van der Waals surface area contributed by atoms with E-state index in [2.05, 4.69) is 0 Å². The maximum Gasteiger partial charge on any atom is 0.159 e. The number of Topliss-reactive ketones (excluding diaryl/α,β-unsaturated/α-hetero) is 1. The molecule has 1 rings (SSSR count). The van der Waals surface area contributed by atoms with Gasteiger partial charge >= 0.3 is 0 Å². The first kappa shape index (κ1) is 9.31. The van der Waals surface area contributed by atoms with Crippen molar-refractivity contribution in [1.82, 2.24) is 0 Å². The molecule has 64 valence electrons. The number of nitrogens with two attached hydrogens (primary N) is 1. The highest BCUT2D eigenvalue weighted by atomic mass is 127.